The van der Waals surface area contributed by atoms with Crippen LogP contribution >= 0.6 is 0 Å². The van der Waals surface area contributed by atoms with Crippen LogP contribution in [0, 0.1) is 0 Å². The first-order valence-electron chi connectivity index (χ1n) is 5.51. The molecule has 1 aliphatic carbocycles. The van der Waals surface area contributed by atoms with E-state index in [1.807, 2.05) is 0 Å². The van der Waals surface area contributed by atoms with Gasteiger partial charge in [-0.25, -0.2) is 8.78 Å². The van der Waals surface area contributed by atoms with E-state index in [1.54, 1.807) is 0 Å². The molecule has 2 N–H and O–H groups in total. The Morgan fingerprint density at radius 1 is 1.38 bits per heavy atom. The third kappa shape index (κ3) is 2.55. The van der Waals surface area contributed by atoms with Crippen molar-refractivity contribution in [2.45, 2.75) is 43.9 Å². The van der Waals surface area contributed by atoms with Crippen molar-refractivity contribution in [3.63, 3.8) is 0 Å². The Balaban J connectivity index is 1.97. The second-order valence-corrected chi connectivity index (χ2v) is 4.22. The Morgan fingerprint density at radius 2 is 2.06 bits per heavy atom. The van der Waals surface area contributed by atoms with Crippen molar-refractivity contribution in [1.29, 1.82) is 0 Å². The van der Waals surface area contributed by atoms with Gasteiger partial charge in [0.1, 0.15) is 0 Å². The molecule has 0 atom stereocenters. The second-order valence-electron chi connectivity index (χ2n) is 4.22. The minimum atomic E-state index is -2.51. The number of halogens is 2. The molecular weight excluding hydrogens is 216 g/mol. The van der Waals surface area contributed by atoms with E-state index in [-0.39, 0.29) is 18.8 Å². The van der Waals surface area contributed by atoms with E-state index < -0.39 is 5.92 Å². The van der Waals surface area contributed by atoms with Crippen LogP contribution < -0.4 is 5.73 Å². The Hall–Kier alpha value is -1.04. The molecule has 6 heteroatoms. The van der Waals surface area contributed by atoms with E-state index in [0.29, 0.717) is 37.5 Å². The maximum Gasteiger partial charge on any atom is 0.248 e. The molecule has 0 spiro atoms. The molecule has 1 heterocycles. The van der Waals surface area contributed by atoms with Gasteiger partial charge in [0.15, 0.2) is 5.82 Å². The average Bonchev–Trinajstić information content (AvgIpc) is 2.67. The van der Waals surface area contributed by atoms with Crippen LogP contribution in [0.4, 0.5) is 8.78 Å². The Labute approximate surface area is 92.2 Å². The molecule has 0 radical (unpaired) electrons. The van der Waals surface area contributed by atoms with Crippen LogP contribution in [0.15, 0.2) is 4.52 Å². The summed E-state index contributed by atoms with van der Waals surface area (Å²) in [5.41, 5.74) is 5.36. The fourth-order valence-electron chi connectivity index (χ4n) is 1.96. The van der Waals surface area contributed by atoms with Gasteiger partial charge in [0.05, 0.1) is 0 Å². The van der Waals surface area contributed by atoms with E-state index in [2.05, 4.69) is 10.1 Å². The van der Waals surface area contributed by atoms with Gasteiger partial charge in [0.2, 0.25) is 11.8 Å². The van der Waals surface area contributed by atoms with Gasteiger partial charge in [-0.1, -0.05) is 5.16 Å². The zero-order valence-electron chi connectivity index (χ0n) is 8.96. The average molecular weight is 231 g/mol. The van der Waals surface area contributed by atoms with Gasteiger partial charge >= 0.3 is 0 Å². The standard InChI is InChI=1S/C10H15F2N3O/c11-10(12)4-1-7(2-5-10)9-14-8(3-6-13)16-15-9/h7H,1-6,13H2. The number of nitrogens with two attached hydrogens (primary N) is 1. The monoisotopic (exact) mass is 231 g/mol. The molecule has 0 bridgehead atoms. The van der Waals surface area contributed by atoms with Gasteiger partial charge in [0, 0.05) is 31.7 Å². The normalized spacial score (nSPS) is 21.2. The zero-order valence-corrected chi connectivity index (χ0v) is 8.96. The highest BCUT2D eigenvalue weighted by molar-refractivity contribution is 4.99. The largest absolute Gasteiger partial charge is 0.339 e. The maximum atomic E-state index is 12.9. The van der Waals surface area contributed by atoms with Crippen molar-refractivity contribution in [2.24, 2.45) is 5.73 Å². The fourth-order valence-corrected chi connectivity index (χ4v) is 1.96. The number of hydrogen-bond acceptors (Lipinski definition) is 4. The summed E-state index contributed by atoms with van der Waals surface area (Å²) in [4.78, 5) is 4.17. The summed E-state index contributed by atoms with van der Waals surface area (Å²) in [5.74, 6) is -1.45. The Morgan fingerprint density at radius 3 is 2.69 bits per heavy atom. The number of aromatic nitrogens is 2. The number of nitrogens with zero attached hydrogens (tertiary/aromatic N) is 2. The third-order valence-corrected chi connectivity index (χ3v) is 2.92. The van der Waals surface area contributed by atoms with E-state index in [4.69, 9.17) is 10.3 Å². The topological polar surface area (TPSA) is 64.9 Å². The summed E-state index contributed by atoms with van der Waals surface area (Å²) >= 11 is 0. The molecule has 0 aromatic carbocycles. The van der Waals surface area contributed by atoms with E-state index in [1.165, 1.54) is 0 Å². The summed E-state index contributed by atoms with van der Waals surface area (Å²) in [6, 6.07) is 0. The van der Waals surface area contributed by atoms with Gasteiger partial charge in [-0.05, 0) is 12.8 Å². The molecule has 0 saturated heterocycles. The highest BCUT2D eigenvalue weighted by atomic mass is 19.3. The van der Waals surface area contributed by atoms with Gasteiger partial charge in [-0.2, -0.15) is 4.98 Å². The van der Waals surface area contributed by atoms with Crippen molar-refractivity contribution < 1.29 is 13.3 Å². The van der Waals surface area contributed by atoms with Gasteiger partial charge < -0.3 is 10.3 Å². The fraction of sp³-hybridized carbons (Fsp3) is 0.800. The van der Waals surface area contributed by atoms with Crippen LogP contribution in [-0.4, -0.2) is 22.6 Å². The Kier molecular flexibility index (Phi) is 3.18. The van der Waals surface area contributed by atoms with Crippen molar-refractivity contribution in [2.75, 3.05) is 6.54 Å². The lowest BCUT2D eigenvalue weighted by atomic mass is 9.86. The van der Waals surface area contributed by atoms with E-state index >= 15 is 0 Å². The lowest BCUT2D eigenvalue weighted by Crippen LogP contribution is -2.24. The first-order valence-corrected chi connectivity index (χ1v) is 5.51. The second kappa shape index (κ2) is 4.45. The molecule has 1 saturated carbocycles. The molecule has 0 amide bonds. The highest BCUT2D eigenvalue weighted by Gasteiger charge is 2.36. The smallest absolute Gasteiger partial charge is 0.248 e. The number of rotatable bonds is 3. The molecule has 2 rings (SSSR count). The summed E-state index contributed by atoms with van der Waals surface area (Å²) in [6.45, 7) is 0.449. The minimum Gasteiger partial charge on any atom is -0.339 e. The summed E-state index contributed by atoms with van der Waals surface area (Å²) in [6.07, 6.45) is 1.22. The van der Waals surface area contributed by atoms with Crippen molar-refractivity contribution in [3.05, 3.63) is 11.7 Å². The summed E-state index contributed by atoms with van der Waals surface area (Å²) in [7, 11) is 0. The SMILES string of the molecule is NCCc1nc(C2CCC(F)(F)CC2)no1. The maximum absolute atomic E-state index is 12.9. The molecule has 0 aliphatic heterocycles. The number of hydrogen-bond donors (Lipinski definition) is 1. The molecule has 16 heavy (non-hydrogen) atoms. The van der Waals surface area contributed by atoms with Crippen LogP contribution in [0.2, 0.25) is 0 Å². The molecule has 4 nitrogen and oxygen atoms in total. The van der Waals surface area contributed by atoms with E-state index in [0.717, 1.165) is 0 Å². The van der Waals surface area contributed by atoms with E-state index in [9.17, 15) is 8.78 Å². The molecule has 1 aromatic rings. The third-order valence-electron chi connectivity index (χ3n) is 2.92. The first-order chi connectivity index (χ1) is 7.61. The van der Waals surface area contributed by atoms with Crippen LogP contribution in [0.25, 0.3) is 0 Å². The molecular formula is C10H15F2N3O. The lowest BCUT2D eigenvalue weighted by Gasteiger charge is -2.26. The quantitative estimate of drug-likeness (QED) is 0.862. The van der Waals surface area contributed by atoms with Gasteiger partial charge in [-0.3, -0.25) is 0 Å². The zero-order chi connectivity index (χ0) is 11.6. The summed E-state index contributed by atoms with van der Waals surface area (Å²) < 4.78 is 30.9. The van der Waals surface area contributed by atoms with Crippen molar-refractivity contribution in [3.8, 4) is 0 Å². The molecule has 1 aliphatic rings. The van der Waals surface area contributed by atoms with Crippen LogP contribution in [0.3, 0.4) is 0 Å². The Bertz CT molecular complexity index is 344. The molecule has 0 unspecified atom stereocenters. The minimum absolute atomic E-state index is 0.00917. The lowest BCUT2D eigenvalue weighted by molar-refractivity contribution is -0.0389. The van der Waals surface area contributed by atoms with Crippen LogP contribution in [0.1, 0.15) is 43.3 Å². The predicted octanol–water partition coefficient (Wildman–Crippen LogP) is 1.86. The van der Waals surface area contributed by atoms with Crippen LogP contribution in [0.5, 0.6) is 0 Å². The molecule has 90 valence electrons. The predicted molar refractivity (Wildman–Crippen MR) is 53.2 cm³/mol. The van der Waals surface area contributed by atoms with Gasteiger partial charge in [-0.15, -0.1) is 0 Å². The molecule has 1 aromatic heterocycles. The van der Waals surface area contributed by atoms with Gasteiger partial charge in [0.25, 0.3) is 0 Å². The van der Waals surface area contributed by atoms with Crippen molar-refractivity contribution >= 4 is 0 Å². The highest BCUT2D eigenvalue weighted by Crippen LogP contribution is 2.39. The molecule has 1 fully saturated rings. The first kappa shape index (κ1) is 11.4. The van der Waals surface area contributed by atoms with Crippen LogP contribution in [-0.2, 0) is 6.42 Å². The number of alkyl halides is 2. The summed E-state index contributed by atoms with van der Waals surface area (Å²) in [5, 5.41) is 3.82. The van der Waals surface area contributed by atoms with Crippen molar-refractivity contribution in [1.82, 2.24) is 10.1 Å².